The zero-order valence-corrected chi connectivity index (χ0v) is 8.71. The van der Waals surface area contributed by atoms with Gasteiger partial charge in [0.1, 0.15) is 0 Å². The molecule has 1 aliphatic rings. The number of hydrogen-bond donors (Lipinski definition) is 1. The Labute approximate surface area is 79.7 Å². The monoisotopic (exact) mass is 185 g/mol. The number of carboxylic acids is 1. The highest BCUT2D eigenvalue weighted by atomic mass is 16.4. The van der Waals surface area contributed by atoms with Crippen LogP contribution < -0.4 is 0 Å². The molecule has 1 fully saturated rings. The molecule has 76 valence electrons. The largest absolute Gasteiger partial charge is 0.481 e. The maximum atomic E-state index is 10.8. The quantitative estimate of drug-likeness (QED) is 0.707. The molecular formula is C10H19NO2. The molecule has 0 aliphatic heterocycles. The third-order valence-corrected chi connectivity index (χ3v) is 3.13. The van der Waals surface area contributed by atoms with Gasteiger partial charge in [0.05, 0.1) is 5.41 Å². The van der Waals surface area contributed by atoms with Crippen molar-refractivity contribution in [3.05, 3.63) is 0 Å². The van der Waals surface area contributed by atoms with Crippen LogP contribution in [0.15, 0.2) is 0 Å². The number of nitrogens with zero attached hydrogens (tertiary/aromatic N) is 1. The lowest BCUT2D eigenvalue weighted by Crippen LogP contribution is -2.30. The van der Waals surface area contributed by atoms with Gasteiger partial charge in [-0.1, -0.05) is 0 Å². The van der Waals surface area contributed by atoms with E-state index >= 15 is 0 Å². The van der Waals surface area contributed by atoms with Crippen LogP contribution in [0.25, 0.3) is 0 Å². The van der Waals surface area contributed by atoms with Crippen molar-refractivity contribution in [3.8, 4) is 0 Å². The van der Waals surface area contributed by atoms with Gasteiger partial charge >= 0.3 is 5.97 Å². The molecule has 1 saturated carbocycles. The first-order valence-corrected chi connectivity index (χ1v) is 4.91. The van der Waals surface area contributed by atoms with Crippen molar-refractivity contribution >= 4 is 5.97 Å². The van der Waals surface area contributed by atoms with E-state index < -0.39 is 5.97 Å². The van der Waals surface area contributed by atoms with Crippen LogP contribution in [0.4, 0.5) is 0 Å². The van der Waals surface area contributed by atoms with Crippen molar-refractivity contribution in [1.29, 1.82) is 0 Å². The smallest absolute Gasteiger partial charge is 0.309 e. The van der Waals surface area contributed by atoms with Crippen LogP contribution in [-0.4, -0.2) is 35.6 Å². The Kier molecular flexibility index (Phi) is 2.96. The average Bonchev–Trinajstić information content (AvgIpc) is 2.80. The van der Waals surface area contributed by atoms with Crippen LogP contribution >= 0.6 is 0 Å². The molecule has 0 aromatic carbocycles. The van der Waals surface area contributed by atoms with Crippen molar-refractivity contribution < 1.29 is 9.90 Å². The van der Waals surface area contributed by atoms with E-state index in [2.05, 4.69) is 18.7 Å². The summed E-state index contributed by atoms with van der Waals surface area (Å²) >= 11 is 0. The van der Waals surface area contributed by atoms with Crippen molar-refractivity contribution in [1.82, 2.24) is 4.90 Å². The second-order valence-corrected chi connectivity index (χ2v) is 4.41. The van der Waals surface area contributed by atoms with E-state index in [9.17, 15) is 4.79 Å². The Morgan fingerprint density at radius 2 is 2.08 bits per heavy atom. The van der Waals surface area contributed by atoms with E-state index in [0.29, 0.717) is 6.04 Å². The van der Waals surface area contributed by atoms with Gasteiger partial charge < -0.3 is 10.0 Å². The molecule has 0 aromatic rings. The second-order valence-electron chi connectivity index (χ2n) is 4.41. The van der Waals surface area contributed by atoms with Crippen molar-refractivity contribution in [2.24, 2.45) is 5.41 Å². The summed E-state index contributed by atoms with van der Waals surface area (Å²) in [7, 11) is 2.04. The molecule has 0 radical (unpaired) electrons. The number of hydrogen-bond acceptors (Lipinski definition) is 2. The summed E-state index contributed by atoms with van der Waals surface area (Å²) < 4.78 is 0. The fraction of sp³-hybridized carbons (Fsp3) is 0.900. The molecule has 3 heteroatoms. The molecule has 0 atom stereocenters. The lowest BCUT2D eigenvalue weighted by molar-refractivity contribution is -0.143. The molecule has 1 aliphatic carbocycles. The SMILES string of the molecule is CC(C)N(C)CCC1(C(=O)O)CC1. The molecule has 0 saturated heterocycles. The Hall–Kier alpha value is -0.570. The fourth-order valence-electron chi connectivity index (χ4n) is 1.37. The van der Waals surface area contributed by atoms with Gasteiger partial charge in [0.15, 0.2) is 0 Å². The first-order valence-electron chi connectivity index (χ1n) is 4.91. The van der Waals surface area contributed by atoms with Gasteiger partial charge in [0.25, 0.3) is 0 Å². The highest BCUT2D eigenvalue weighted by Crippen LogP contribution is 2.49. The van der Waals surface area contributed by atoms with Crippen LogP contribution in [0.5, 0.6) is 0 Å². The number of carboxylic acid groups (broad SMARTS) is 1. The zero-order chi connectivity index (χ0) is 10.1. The maximum Gasteiger partial charge on any atom is 0.309 e. The summed E-state index contributed by atoms with van der Waals surface area (Å²) in [6.45, 7) is 5.14. The van der Waals surface area contributed by atoms with Crippen LogP contribution in [0.3, 0.4) is 0 Å². The molecule has 13 heavy (non-hydrogen) atoms. The minimum absolute atomic E-state index is 0.358. The van der Waals surface area contributed by atoms with E-state index in [1.165, 1.54) is 0 Å². The molecule has 0 bridgehead atoms. The molecule has 0 amide bonds. The lowest BCUT2D eigenvalue weighted by Gasteiger charge is -2.22. The van der Waals surface area contributed by atoms with Crippen LogP contribution in [0, 0.1) is 5.41 Å². The minimum atomic E-state index is -0.607. The minimum Gasteiger partial charge on any atom is -0.481 e. The molecule has 3 nitrogen and oxygen atoms in total. The van der Waals surface area contributed by atoms with Gasteiger partial charge in [0.2, 0.25) is 0 Å². The Morgan fingerprint density at radius 3 is 2.38 bits per heavy atom. The highest BCUT2D eigenvalue weighted by molar-refractivity contribution is 5.77. The Balaban J connectivity index is 2.30. The molecule has 1 rings (SSSR count). The predicted octanol–water partition coefficient (Wildman–Crippen LogP) is 1.58. The molecular weight excluding hydrogens is 166 g/mol. The normalized spacial score (nSPS) is 19.5. The zero-order valence-electron chi connectivity index (χ0n) is 8.71. The van der Waals surface area contributed by atoms with Gasteiger partial charge in [0, 0.05) is 6.04 Å². The first-order chi connectivity index (χ1) is 5.98. The summed E-state index contributed by atoms with van der Waals surface area (Å²) in [6, 6.07) is 0.504. The van der Waals surface area contributed by atoms with Gasteiger partial charge in [-0.2, -0.15) is 0 Å². The molecule has 0 unspecified atom stereocenters. The maximum absolute atomic E-state index is 10.8. The number of aliphatic carboxylic acids is 1. The third kappa shape index (κ3) is 2.44. The molecule has 0 spiro atoms. The average molecular weight is 185 g/mol. The summed E-state index contributed by atoms with van der Waals surface area (Å²) in [4.78, 5) is 13.0. The van der Waals surface area contributed by atoms with Gasteiger partial charge in [-0.25, -0.2) is 0 Å². The number of rotatable bonds is 5. The van der Waals surface area contributed by atoms with Crippen LogP contribution in [-0.2, 0) is 4.79 Å². The van der Waals surface area contributed by atoms with E-state index in [1.54, 1.807) is 0 Å². The van der Waals surface area contributed by atoms with Gasteiger partial charge in [-0.15, -0.1) is 0 Å². The third-order valence-electron chi connectivity index (χ3n) is 3.13. The van der Waals surface area contributed by atoms with Gasteiger partial charge in [-0.05, 0) is 46.7 Å². The van der Waals surface area contributed by atoms with E-state index in [0.717, 1.165) is 25.8 Å². The van der Waals surface area contributed by atoms with Crippen LogP contribution in [0.2, 0.25) is 0 Å². The van der Waals surface area contributed by atoms with E-state index in [-0.39, 0.29) is 5.41 Å². The van der Waals surface area contributed by atoms with E-state index in [4.69, 9.17) is 5.11 Å². The van der Waals surface area contributed by atoms with Crippen molar-refractivity contribution in [2.75, 3.05) is 13.6 Å². The second kappa shape index (κ2) is 3.66. The lowest BCUT2D eigenvalue weighted by atomic mass is 10.0. The first kappa shape index (κ1) is 10.5. The molecule has 1 N–H and O–H groups in total. The molecule has 0 aromatic heterocycles. The van der Waals surface area contributed by atoms with Crippen LogP contribution in [0.1, 0.15) is 33.1 Å². The summed E-state index contributed by atoms with van der Waals surface area (Å²) in [6.07, 6.45) is 2.54. The fourth-order valence-corrected chi connectivity index (χ4v) is 1.37. The van der Waals surface area contributed by atoms with Crippen molar-refractivity contribution in [2.45, 2.75) is 39.2 Å². The topological polar surface area (TPSA) is 40.5 Å². The van der Waals surface area contributed by atoms with Gasteiger partial charge in [-0.3, -0.25) is 4.79 Å². The predicted molar refractivity (Wildman–Crippen MR) is 51.7 cm³/mol. The number of carbonyl (C=O) groups is 1. The highest BCUT2D eigenvalue weighted by Gasteiger charge is 2.49. The Morgan fingerprint density at radius 1 is 1.54 bits per heavy atom. The summed E-state index contributed by atoms with van der Waals surface area (Å²) in [5.74, 6) is -0.607. The summed E-state index contributed by atoms with van der Waals surface area (Å²) in [5.41, 5.74) is -0.358. The Bertz CT molecular complexity index is 197. The molecule has 0 heterocycles. The van der Waals surface area contributed by atoms with Crippen molar-refractivity contribution in [3.63, 3.8) is 0 Å². The van der Waals surface area contributed by atoms with E-state index in [1.807, 2.05) is 7.05 Å². The summed E-state index contributed by atoms with van der Waals surface area (Å²) in [5, 5.41) is 8.94. The standard InChI is InChI=1S/C10H19NO2/c1-8(2)11(3)7-6-10(4-5-10)9(12)13/h8H,4-7H2,1-3H3,(H,12,13).